The number of thiophene rings is 1. The summed E-state index contributed by atoms with van der Waals surface area (Å²) in [5.41, 5.74) is 3.76. The van der Waals surface area contributed by atoms with E-state index < -0.39 is 0 Å². The molecule has 4 rings (SSSR count). The zero-order valence-corrected chi connectivity index (χ0v) is 15.8. The SMILES string of the molecule is O=C(/C=C/c1csc(-c2ccsc2)n1)c1ccc(N2CCOCC2)cc1. The maximum absolute atomic E-state index is 12.4. The molecule has 0 amide bonds. The standard InChI is InChI=1S/C20H18N2O2S2/c23-19(6-3-17-14-26-20(21-17)16-7-12-25-13-16)15-1-4-18(5-2-15)22-8-10-24-11-9-22/h1-7,12-14H,8-11H2/b6-3+. The number of rotatable bonds is 5. The van der Waals surface area contributed by atoms with Gasteiger partial charge in [-0.1, -0.05) is 0 Å². The molecule has 0 aliphatic carbocycles. The Balaban J connectivity index is 1.42. The molecule has 3 heterocycles. The molecule has 1 aliphatic rings. The van der Waals surface area contributed by atoms with Crippen molar-refractivity contribution in [1.29, 1.82) is 0 Å². The zero-order valence-electron chi connectivity index (χ0n) is 14.1. The van der Waals surface area contributed by atoms with Crippen LogP contribution in [-0.2, 0) is 4.74 Å². The third-order valence-electron chi connectivity index (χ3n) is 4.22. The van der Waals surface area contributed by atoms with Crippen LogP contribution in [0.4, 0.5) is 5.69 Å². The number of hydrogen-bond donors (Lipinski definition) is 0. The summed E-state index contributed by atoms with van der Waals surface area (Å²) in [5.74, 6) is -0.0105. The van der Waals surface area contributed by atoms with E-state index in [9.17, 15) is 4.79 Å². The van der Waals surface area contributed by atoms with E-state index in [1.54, 1.807) is 34.8 Å². The van der Waals surface area contributed by atoms with Gasteiger partial charge in [-0.25, -0.2) is 4.98 Å². The molecule has 1 saturated heterocycles. The first-order chi connectivity index (χ1) is 12.8. The second kappa shape index (κ2) is 7.95. The van der Waals surface area contributed by atoms with Gasteiger partial charge in [0.15, 0.2) is 5.78 Å². The first kappa shape index (κ1) is 17.1. The van der Waals surface area contributed by atoms with Crippen LogP contribution >= 0.6 is 22.7 Å². The first-order valence-electron chi connectivity index (χ1n) is 8.43. The van der Waals surface area contributed by atoms with Crippen LogP contribution in [0.25, 0.3) is 16.6 Å². The summed E-state index contributed by atoms with van der Waals surface area (Å²) >= 11 is 3.24. The van der Waals surface area contributed by atoms with Crippen LogP contribution < -0.4 is 4.90 Å². The number of ether oxygens (including phenoxy) is 1. The maximum Gasteiger partial charge on any atom is 0.185 e. The lowest BCUT2D eigenvalue weighted by atomic mass is 10.1. The maximum atomic E-state index is 12.4. The number of benzene rings is 1. The van der Waals surface area contributed by atoms with Crippen molar-refractivity contribution in [3.8, 4) is 10.6 Å². The number of allylic oxidation sites excluding steroid dienone is 1. The highest BCUT2D eigenvalue weighted by atomic mass is 32.1. The number of ketones is 1. The van der Waals surface area contributed by atoms with E-state index in [2.05, 4.69) is 21.3 Å². The number of nitrogens with zero attached hydrogens (tertiary/aromatic N) is 2. The number of thiazole rings is 1. The molecular weight excluding hydrogens is 364 g/mol. The van der Waals surface area contributed by atoms with Gasteiger partial charge in [0.25, 0.3) is 0 Å². The Kier molecular flexibility index (Phi) is 5.24. The fourth-order valence-corrected chi connectivity index (χ4v) is 4.30. The first-order valence-corrected chi connectivity index (χ1v) is 10.2. The highest BCUT2D eigenvalue weighted by molar-refractivity contribution is 7.14. The molecule has 1 aromatic carbocycles. The Labute approximate surface area is 160 Å². The van der Waals surface area contributed by atoms with E-state index in [-0.39, 0.29) is 5.78 Å². The highest BCUT2D eigenvalue weighted by Gasteiger charge is 2.11. The Hall–Kier alpha value is -2.28. The normalized spacial score (nSPS) is 14.8. The minimum Gasteiger partial charge on any atom is -0.378 e. The van der Waals surface area contributed by atoms with Gasteiger partial charge in [-0.15, -0.1) is 11.3 Å². The van der Waals surface area contributed by atoms with Gasteiger partial charge in [0.2, 0.25) is 0 Å². The van der Waals surface area contributed by atoms with E-state index in [0.29, 0.717) is 5.56 Å². The molecule has 3 aromatic rings. The number of anilines is 1. The molecule has 1 aliphatic heterocycles. The van der Waals surface area contributed by atoms with Gasteiger partial charge in [-0.3, -0.25) is 4.79 Å². The topological polar surface area (TPSA) is 42.4 Å². The summed E-state index contributed by atoms with van der Waals surface area (Å²) in [6.45, 7) is 3.29. The summed E-state index contributed by atoms with van der Waals surface area (Å²) in [4.78, 5) is 19.2. The van der Waals surface area contributed by atoms with Gasteiger partial charge in [0.05, 0.1) is 18.9 Å². The number of carbonyl (C=O) groups is 1. The van der Waals surface area contributed by atoms with E-state index in [4.69, 9.17) is 4.74 Å². The summed E-state index contributed by atoms with van der Waals surface area (Å²) in [6.07, 6.45) is 3.38. The Morgan fingerprint density at radius 3 is 2.65 bits per heavy atom. The molecule has 0 N–H and O–H groups in total. The van der Waals surface area contributed by atoms with E-state index in [1.165, 1.54) is 0 Å². The highest BCUT2D eigenvalue weighted by Crippen LogP contribution is 2.26. The fourth-order valence-electron chi connectivity index (χ4n) is 2.80. The quantitative estimate of drug-likeness (QED) is 0.478. The summed E-state index contributed by atoms with van der Waals surface area (Å²) in [7, 11) is 0. The van der Waals surface area contributed by atoms with Crippen molar-refractivity contribution in [2.24, 2.45) is 0 Å². The van der Waals surface area contributed by atoms with Crippen LogP contribution in [-0.4, -0.2) is 37.1 Å². The number of hydrogen-bond acceptors (Lipinski definition) is 6. The number of carbonyl (C=O) groups excluding carboxylic acids is 1. The van der Waals surface area contributed by atoms with Gasteiger partial charge >= 0.3 is 0 Å². The average molecular weight is 383 g/mol. The molecule has 0 spiro atoms. The fraction of sp³-hybridized carbons (Fsp3) is 0.200. The monoisotopic (exact) mass is 382 g/mol. The molecule has 6 heteroatoms. The largest absolute Gasteiger partial charge is 0.378 e. The Morgan fingerprint density at radius 1 is 1.12 bits per heavy atom. The molecule has 0 atom stereocenters. The molecule has 0 bridgehead atoms. The number of aromatic nitrogens is 1. The molecule has 26 heavy (non-hydrogen) atoms. The van der Waals surface area contributed by atoms with Crippen LogP contribution in [0.3, 0.4) is 0 Å². The second-order valence-corrected chi connectivity index (χ2v) is 7.57. The minimum absolute atomic E-state index is 0.0105. The third kappa shape index (κ3) is 3.93. The second-order valence-electron chi connectivity index (χ2n) is 5.93. The predicted molar refractivity (Wildman–Crippen MR) is 108 cm³/mol. The van der Waals surface area contributed by atoms with Crippen molar-refractivity contribution in [2.45, 2.75) is 0 Å². The summed E-state index contributed by atoms with van der Waals surface area (Å²) in [6, 6.07) is 9.83. The Morgan fingerprint density at radius 2 is 1.92 bits per heavy atom. The summed E-state index contributed by atoms with van der Waals surface area (Å²) in [5, 5.41) is 7.07. The smallest absolute Gasteiger partial charge is 0.185 e. The van der Waals surface area contributed by atoms with Crippen molar-refractivity contribution in [1.82, 2.24) is 4.98 Å². The van der Waals surface area contributed by atoms with Gasteiger partial charge in [-0.05, 0) is 47.9 Å². The molecule has 0 radical (unpaired) electrons. The van der Waals surface area contributed by atoms with Crippen molar-refractivity contribution >= 4 is 40.2 Å². The Bertz CT molecular complexity index is 892. The van der Waals surface area contributed by atoms with E-state index in [0.717, 1.165) is 48.3 Å². The van der Waals surface area contributed by atoms with Crippen molar-refractivity contribution in [2.75, 3.05) is 31.2 Å². The van der Waals surface area contributed by atoms with E-state index >= 15 is 0 Å². The summed E-state index contributed by atoms with van der Waals surface area (Å²) < 4.78 is 5.37. The lowest BCUT2D eigenvalue weighted by Gasteiger charge is -2.28. The predicted octanol–water partition coefficient (Wildman–Crippen LogP) is 4.60. The van der Waals surface area contributed by atoms with Crippen molar-refractivity contribution in [3.05, 3.63) is 63.8 Å². The van der Waals surface area contributed by atoms with Crippen LogP contribution in [0.5, 0.6) is 0 Å². The van der Waals surface area contributed by atoms with Crippen LogP contribution in [0.2, 0.25) is 0 Å². The molecule has 2 aromatic heterocycles. The van der Waals surface area contributed by atoms with Gasteiger partial charge in [0.1, 0.15) is 5.01 Å². The van der Waals surface area contributed by atoms with E-state index in [1.807, 2.05) is 35.0 Å². The zero-order chi connectivity index (χ0) is 17.8. The molecule has 1 fully saturated rings. The third-order valence-corrected chi connectivity index (χ3v) is 5.82. The lowest BCUT2D eigenvalue weighted by Crippen LogP contribution is -2.36. The average Bonchev–Trinajstić information content (AvgIpc) is 3.38. The van der Waals surface area contributed by atoms with Crippen LogP contribution in [0, 0.1) is 0 Å². The number of morpholine rings is 1. The van der Waals surface area contributed by atoms with Gasteiger partial charge < -0.3 is 9.64 Å². The van der Waals surface area contributed by atoms with Gasteiger partial charge in [-0.2, -0.15) is 11.3 Å². The van der Waals surface area contributed by atoms with Gasteiger partial charge in [0, 0.05) is 40.7 Å². The molecule has 4 nitrogen and oxygen atoms in total. The van der Waals surface area contributed by atoms with Crippen LogP contribution in [0.1, 0.15) is 16.1 Å². The molecule has 0 unspecified atom stereocenters. The van der Waals surface area contributed by atoms with Crippen molar-refractivity contribution < 1.29 is 9.53 Å². The van der Waals surface area contributed by atoms with Crippen LogP contribution in [0.15, 0.2) is 52.5 Å². The molecule has 0 saturated carbocycles. The molecular formula is C20H18N2O2S2. The lowest BCUT2D eigenvalue weighted by molar-refractivity contribution is 0.104. The van der Waals surface area contributed by atoms with Crippen molar-refractivity contribution in [3.63, 3.8) is 0 Å². The molecule has 132 valence electrons. The minimum atomic E-state index is -0.0105.